The molecule has 0 aliphatic carbocycles. The number of benzene rings is 2. The molecule has 1 aliphatic heterocycles. The second-order valence-corrected chi connectivity index (χ2v) is 7.70. The van der Waals surface area contributed by atoms with E-state index in [1.54, 1.807) is 10.6 Å². The molecule has 31 heavy (non-hydrogen) atoms. The number of nitrogens with zero attached hydrogens (tertiary/aromatic N) is 4. The lowest BCUT2D eigenvalue weighted by Gasteiger charge is -2.34. The maximum atomic E-state index is 14.4. The Bertz CT molecular complexity index is 1280. The van der Waals surface area contributed by atoms with Gasteiger partial charge in [-0.25, -0.2) is 4.39 Å². The summed E-state index contributed by atoms with van der Waals surface area (Å²) in [6.45, 7) is 1.04. The van der Waals surface area contributed by atoms with E-state index in [1.807, 2.05) is 30.3 Å². The van der Waals surface area contributed by atoms with Crippen molar-refractivity contribution in [1.82, 2.24) is 20.0 Å². The van der Waals surface area contributed by atoms with Crippen LogP contribution in [0.2, 0.25) is 0 Å². The molecule has 158 valence electrons. The number of ether oxygens (including phenoxy) is 2. The lowest BCUT2D eigenvalue weighted by Crippen LogP contribution is -2.45. The van der Waals surface area contributed by atoms with Gasteiger partial charge in [-0.1, -0.05) is 6.07 Å². The molecule has 0 atom stereocenters. The highest BCUT2D eigenvalue weighted by atomic mass is 19.1. The van der Waals surface area contributed by atoms with E-state index in [0.29, 0.717) is 43.0 Å². The van der Waals surface area contributed by atoms with E-state index in [1.165, 1.54) is 12.1 Å². The lowest BCUT2D eigenvalue weighted by atomic mass is 9.73. The van der Waals surface area contributed by atoms with E-state index in [4.69, 9.17) is 15.2 Å². The minimum absolute atomic E-state index is 0.235. The molecule has 4 aromatic rings. The third-order valence-electron chi connectivity index (χ3n) is 5.87. The van der Waals surface area contributed by atoms with Crippen molar-refractivity contribution >= 4 is 22.5 Å². The number of carbonyl (C=O) groups is 1. The first-order chi connectivity index (χ1) is 15.0. The lowest BCUT2D eigenvalue weighted by molar-refractivity contribution is -0.127. The molecule has 9 heteroatoms. The van der Waals surface area contributed by atoms with Gasteiger partial charge < -0.3 is 15.2 Å². The van der Waals surface area contributed by atoms with E-state index in [0.717, 1.165) is 16.5 Å². The normalized spacial score (nSPS) is 15.9. The topological polar surface area (TPSA) is 105 Å². The van der Waals surface area contributed by atoms with Gasteiger partial charge in [0.05, 0.1) is 10.9 Å². The van der Waals surface area contributed by atoms with Gasteiger partial charge in [0, 0.05) is 24.7 Å². The van der Waals surface area contributed by atoms with E-state index in [2.05, 4.69) is 15.5 Å². The number of tetrazole rings is 1. The number of carbonyl (C=O) groups excluding carboxylic acids is 1. The summed E-state index contributed by atoms with van der Waals surface area (Å²) >= 11 is 0. The third-order valence-corrected chi connectivity index (χ3v) is 5.87. The summed E-state index contributed by atoms with van der Waals surface area (Å²) in [4.78, 5) is 12.3. The number of halogens is 1. The molecule has 3 heterocycles. The Morgan fingerprint density at radius 1 is 1.16 bits per heavy atom. The van der Waals surface area contributed by atoms with Crippen molar-refractivity contribution in [3.8, 4) is 5.75 Å². The first-order valence-corrected chi connectivity index (χ1v) is 9.96. The van der Waals surface area contributed by atoms with Gasteiger partial charge in [0.25, 0.3) is 0 Å². The van der Waals surface area contributed by atoms with Gasteiger partial charge in [-0.3, -0.25) is 4.79 Å². The van der Waals surface area contributed by atoms with Crippen LogP contribution in [0, 0.1) is 5.82 Å². The first-order valence-electron chi connectivity index (χ1n) is 9.96. The standard InChI is InChI=1S/C22H20FN5O3/c23-17-10-16(22(21(24)29)5-7-30-8-6-22)11-18(12-17)31-13-14-1-3-19-15(9-14)2-4-20-25-26-27-28(19)20/h1-4,9-12H,5-8,13H2,(H2,24,29). The van der Waals surface area contributed by atoms with Crippen LogP contribution < -0.4 is 10.5 Å². The fraction of sp³-hybridized carbons (Fsp3) is 0.273. The fourth-order valence-electron chi connectivity index (χ4n) is 4.14. The fourth-order valence-corrected chi connectivity index (χ4v) is 4.14. The van der Waals surface area contributed by atoms with Gasteiger partial charge >= 0.3 is 0 Å². The number of primary amides is 1. The summed E-state index contributed by atoms with van der Waals surface area (Å²) in [7, 11) is 0. The molecule has 0 unspecified atom stereocenters. The molecule has 1 saturated heterocycles. The number of amides is 1. The van der Waals surface area contributed by atoms with Crippen LogP contribution in [-0.4, -0.2) is 39.2 Å². The van der Waals surface area contributed by atoms with Crippen LogP contribution in [-0.2, 0) is 21.6 Å². The Morgan fingerprint density at radius 2 is 2.00 bits per heavy atom. The molecular weight excluding hydrogens is 401 g/mol. The molecule has 0 saturated carbocycles. The van der Waals surface area contributed by atoms with Crippen molar-refractivity contribution in [2.45, 2.75) is 24.9 Å². The van der Waals surface area contributed by atoms with Gasteiger partial charge in [-0.15, -0.1) is 5.10 Å². The van der Waals surface area contributed by atoms with E-state index in [-0.39, 0.29) is 6.61 Å². The number of aromatic nitrogens is 4. The number of hydrogen-bond donors (Lipinski definition) is 1. The predicted molar refractivity (Wildman–Crippen MR) is 110 cm³/mol. The maximum Gasteiger partial charge on any atom is 0.228 e. The van der Waals surface area contributed by atoms with E-state index >= 15 is 0 Å². The van der Waals surface area contributed by atoms with Gasteiger partial charge in [0.15, 0.2) is 5.65 Å². The number of rotatable bonds is 5. The Morgan fingerprint density at radius 3 is 2.81 bits per heavy atom. The monoisotopic (exact) mass is 421 g/mol. The van der Waals surface area contributed by atoms with Crippen molar-refractivity contribution in [1.29, 1.82) is 0 Å². The van der Waals surface area contributed by atoms with Gasteiger partial charge in [-0.2, -0.15) is 4.52 Å². The Labute approximate surface area is 176 Å². The zero-order valence-corrected chi connectivity index (χ0v) is 16.6. The molecule has 0 bridgehead atoms. The molecular formula is C22H20FN5O3. The van der Waals surface area contributed by atoms with E-state index < -0.39 is 17.1 Å². The summed E-state index contributed by atoms with van der Waals surface area (Å²) in [5.74, 6) is -0.604. The van der Waals surface area contributed by atoms with Gasteiger partial charge in [-0.05, 0) is 70.8 Å². The first kappa shape index (κ1) is 19.4. The van der Waals surface area contributed by atoms with Gasteiger partial charge in [0.1, 0.15) is 18.2 Å². The number of hydrogen-bond acceptors (Lipinski definition) is 6. The van der Waals surface area contributed by atoms with Gasteiger partial charge in [0.2, 0.25) is 5.91 Å². The molecule has 2 aromatic heterocycles. The minimum Gasteiger partial charge on any atom is -0.489 e. The second kappa shape index (κ2) is 7.59. The zero-order valence-electron chi connectivity index (χ0n) is 16.6. The SMILES string of the molecule is NC(=O)C1(c2cc(F)cc(OCc3ccc4c(ccc5nnnn54)c3)c2)CCOCC1. The summed E-state index contributed by atoms with van der Waals surface area (Å²) in [6.07, 6.45) is 0.836. The number of nitrogens with two attached hydrogens (primary N) is 1. The molecule has 5 rings (SSSR count). The summed E-state index contributed by atoms with van der Waals surface area (Å²) in [5.41, 5.74) is 7.74. The van der Waals surface area contributed by atoms with Crippen molar-refractivity contribution < 1.29 is 18.7 Å². The average molecular weight is 421 g/mol. The van der Waals surface area contributed by atoms with Crippen LogP contribution in [0.3, 0.4) is 0 Å². The van der Waals surface area contributed by atoms with Crippen LogP contribution >= 0.6 is 0 Å². The average Bonchev–Trinajstić information content (AvgIpc) is 3.27. The summed E-state index contributed by atoms with van der Waals surface area (Å²) in [5, 5.41) is 12.6. The molecule has 2 aromatic carbocycles. The second-order valence-electron chi connectivity index (χ2n) is 7.70. The molecule has 2 N–H and O–H groups in total. The largest absolute Gasteiger partial charge is 0.489 e. The maximum absolute atomic E-state index is 14.4. The van der Waals surface area contributed by atoms with Crippen LogP contribution in [0.4, 0.5) is 4.39 Å². The quantitative estimate of drug-likeness (QED) is 0.531. The molecule has 0 spiro atoms. The smallest absolute Gasteiger partial charge is 0.228 e. The molecule has 0 radical (unpaired) electrons. The zero-order chi connectivity index (χ0) is 21.4. The summed E-state index contributed by atoms with van der Waals surface area (Å²) < 4.78 is 27.3. The Hall–Kier alpha value is -3.59. The third kappa shape index (κ3) is 3.46. The molecule has 1 fully saturated rings. The molecule has 1 amide bonds. The van der Waals surface area contributed by atoms with Crippen LogP contribution in [0.5, 0.6) is 5.75 Å². The molecule has 1 aliphatic rings. The minimum atomic E-state index is -0.946. The number of pyridine rings is 1. The van der Waals surface area contributed by atoms with Crippen molar-refractivity contribution in [3.05, 3.63) is 65.5 Å². The predicted octanol–water partition coefficient (Wildman–Crippen LogP) is 2.53. The Balaban J connectivity index is 1.41. The van der Waals surface area contributed by atoms with Crippen molar-refractivity contribution in [3.63, 3.8) is 0 Å². The summed E-state index contributed by atoms with van der Waals surface area (Å²) in [6, 6.07) is 13.9. The van der Waals surface area contributed by atoms with E-state index in [9.17, 15) is 9.18 Å². The highest BCUT2D eigenvalue weighted by molar-refractivity contribution is 5.87. The van der Waals surface area contributed by atoms with Crippen molar-refractivity contribution in [2.24, 2.45) is 5.73 Å². The Kier molecular flexibility index (Phi) is 4.74. The van der Waals surface area contributed by atoms with Crippen molar-refractivity contribution in [2.75, 3.05) is 13.2 Å². The number of fused-ring (bicyclic) bond motifs is 3. The van der Waals surface area contributed by atoms with Crippen LogP contribution in [0.1, 0.15) is 24.0 Å². The highest BCUT2D eigenvalue weighted by Crippen LogP contribution is 2.37. The van der Waals surface area contributed by atoms with Crippen LogP contribution in [0.15, 0.2) is 48.5 Å². The van der Waals surface area contributed by atoms with Crippen LogP contribution in [0.25, 0.3) is 16.6 Å². The highest BCUT2D eigenvalue weighted by Gasteiger charge is 2.40. The molecule has 8 nitrogen and oxygen atoms in total.